The summed E-state index contributed by atoms with van der Waals surface area (Å²) in [6.07, 6.45) is 0.932. The lowest BCUT2D eigenvalue weighted by molar-refractivity contribution is -0.713. The minimum atomic E-state index is -0.212. The number of carbonyl (C=O) groups is 1. The van der Waals surface area contributed by atoms with Crippen LogP contribution in [0.4, 0.5) is 5.69 Å². The van der Waals surface area contributed by atoms with Crippen LogP contribution in [0.1, 0.15) is 31.9 Å². The average Bonchev–Trinajstić information content (AvgIpc) is 2.59. The van der Waals surface area contributed by atoms with Gasteiger partial charge >= 0.3 is 0 Å². The molecule has 0 aromatic heterocycles. The highest BCUT2D eigenvalue weighted by molar-refractivity contribution is 6.30. The van der Waals surface area contributed by atoms with Crippen molar-refractivity contribution in [3.8, 4) is 5.75 Å². The number of halogens is 1. The third-order valence-electron chi connectivity index (χ3n) is 4.01. The lowest BCUT2D eigenvalue weighted by atomic mass is 10.0. The zero-order chi connectivity index (χ0) is 17.5. The standard InChI is InChI=1S/C19H23ClN2O2/c1-4-18(14-8-10-17(24-3)11-9-14)21-13(2)19(23)22-16-7-5-6-15(20)12-16/h5-13,18,21H,4H2,1-3H3,(H,22,23)/p+1/t13-,18+/m1/s1. The van der Waals surface area contributed by atoms with Gasteiger partial charge in [0, 0.05) is 22.7 Å². The molecule has 0 aliphatic rings. The number of benzene rings is 2. The minimum Gasteiger partial charge on any atom is -0.497 e. The van der Waals surface area contributed by atoms with E-state index in [1.807, 2.05) is 43.3 Å². The van der Waals surface area contributed by atoms with E-state index < -0.39 is 0 Å². The molecule has 4 nitrogen and oxygen atoms in total. The number of hydrogen-bond acceptors (Lipinski definition) is 2. The van der Waals surface area contributed by atoms with Crippen LogP contribution in [0.3, 0.4) is 0 Å². The zero-order valence-corrected chi connectivity index (χ0v) is 15.0. The molecule has 2 atom stereocenters. The van der Waals surface area contributed by atoms with Crippen LogP contribution in [0, 0.1) is 0 Å². The van der Waals surface area contributed by atoms with Gasteiger partial charge in [0.2, 0.25) is 0 Å². The molecule has 0 spiro atoms. The van der Waals surface area contributed by atoms with Crippen molar-refractivity contribution in [2.45, 2.75) is 32.4 Å². The second-order valence-electron chi connectivity index (χ2n) is 5.77. The van der Waals surface area contributed by atoms with Crippen molar-refractivity contribution in [1.82, 2.24) is 0 Å². The molecule has 5 heteroatoms. The second kappa shape index (κ2) is 8.71. The van der Waals surface area contributed by atoms with Crippen LogP contribution >= 0.6 is 11.6 Å². The smallest absolute Gasteiger partial charge is 0.282 e. The number of methoxy groups -OCH3 is 1. The van der Waals surface area contributed by atoms with Crippen LogP contribution in [-0.4, -0.2) is 19.1 Å². The maximum Gasteiger partial charge on any atom is 0.282 e. The molecular weight excluding hydrogens is 324 g/mol. The predicted molar refractivity (Wildman–Crippen MR) is 97.5 cm³/mol. The predicted octanol–water partition coefficient (Wildman–Crippen LogP) is 3.39. The van der Waals surface area contributed by atoms with E-state index >= 15 is 0 Å². The molecule has 0 saturated heterocycles. The van der Waals surface area contributed by atoms with Gasteiger partial charge in [-0.05, 0) is 49.4 Å². The third kappa shape index (κ3) is 4.98. The number of nitrogens with one attached hydrogen (secondary N) is 1. The number of rotatable bonds is 7. The number of anilines is 1. The molecule has 128 valence electrons. The molecule has 0 unspecified atom stereocenters. The van der Waals surface area contributed by atoms with Gasteiger partial charge in [-0.2, -0.15) is 0 Å². The molecule has 2 rings (SSSR count). The molecule has 0 aliphatic carbocycles. The van der Waals surface area contributed by atoms with E-state index in [1.165, 1.54) is 5.56 Å². The SMILES string of the molecule is CC[C@H]([NH2+][C@H](C)C(=O)Nc1cccc(Cl)c1)c1ccc(OC)cc1. The van der Waals surface area contributed by atoms with Gasteiger partial charge in [0.1, 0.15) is 11.8 Å². The Hall–Kier alpha value is -2.04. The highest BCUT2D eigenvalue weighted by Gasteiger charge is 2.22. The van der Waals surface area contributed by atoms with Crippen molar-refractivity contribution in [3.05, 3.63) is 59.1 Å². The van der Waals surface area contributed by atoms with Crippen molar-refractivity contribution >= 4 is 23.2 Å². The van der Waals surface area contributed by atoms with E-state index in [1.54, 1.807) is 19.2 Å². The van der Waals surface area contributed by atoms with E-state index in [2.05, 4.69) is 17.6 Å². The monoisotopic (exact) mass is 347 g/mol. The van der Waals surface area contributed by atoms with Crippen LogP contribution in [0.5, 0.6) is 5.75 Å². The number of amides is 1. The topological polar surface area (TPSA) is 54.9 Å². The van der Waals surface area contributed by atoms with Gasteiger partial charge in [-0.25, -0.2) is 0 Å². The number of hydrogen-bond donors (Lipinski definition) is 2. The van der Waals surface area contributed by atoms with Crippen molar-refractivity contribution < 1.29 is 14.8 Å². The van der Waals surface area contributed by atoms with E-state index in [-0.39, 0.29) is 18.0 Å². The summed E-state index contributed by atoms with van der Waals surface area (Å²) in [6, 6.07) is 15.2. The van der Waals surface area contributed by atoms with Crippen LogP contribution in [0.25, 0.3) is 0 Å². The number of carbonyl (C=O) groups excluding carboxylic acids is 1. The number of nitrogens with two attached hydrogens (primary N) is 1. The second-order valence-corrected chi connectivity index (χ2v) is 6.21. The zero-order valence-electron chi connectivity index (χ0n) is 14.3. The molecule has 0 fully saturated rings. The Labute approximate surface area is 148 Å². The van der Waals surface area contributed by atoms with E-state index in [4.69, 9.17) is 16.3 Å². The summed E-state index contributed by atoms with van der Waals surface area (Å²) in [5.41, 5.74) is 1.89. The Morgan fingerprint density at radius 2 is 1.96 bits per heavy atom. The maximum absolute atomic E-state index is 12.4. The lowest BCUT2D eigenvalue weighted by Gasteiger charge is -2.19. The molecule has 0 heterocycles. The molecule has 1 amide bonds. The highest BCUT2D eigenvalue weighted by atomic mass is 35.5. The molecule has 0 radical (unpaired) electrons. The summed E-state index contributed by atoms with van der Waals surface area (Å²) in [5.74, 6) is 0.796. The first kappa shape index (κ1) is 18.3. The van der Waals surface area contributed by atoms with Gasteiger partial charge in [-0.1, -0.05) is 24.6 Å². The molecule has 3 N–H and O–H groups in total. The van der Waals surface area contributed by atoms with Gasteiger partial charge in [-0.3, -0.25) is 4.79 Å². The number of quaternary nitrogens is 1. The quantitative estimate of drug-likeness (QED) is 0.806. The Kier molecular flexibility index (Phi) is 6.64. The first-order valence-electron chi connectivity index (χ1n) is 8.08. The Bertz CT molecular complexity index is 673. The number of ether oxygens (including phenoxy) is 1. The average molecular weight is 348 g/mol. The summed E-state index contributed by atoms with van der Waals surface area (Å²) < 4.78 is 5.19. The van der Waals surface area contributed by atoms with Crippen molar-refractivity contribution in [3.63, 3.8) is 0 Å². The van der Waals surface area contributed by atoms with Gasteiger partial charge in [0.25, 0.3) is 5.91 Å². The summed E-state index contributed by atoms with van der Waals surface area (Å²) in [4.78, 5) is 12.4. The van der Waals surface area contributed by atoms with Gasteiger partial charge < -0.3 is 15.4 Å². The minimum absolute atomic E-state index is 0.0378. The Balaban J connectivity index is 1.99. The molecular formula is C19H24ClN2O2+. The summed E-state index contributed by atoms with van der Waals surface area (Å²) in [5, 5.41) is 5.60. The molecule has 0 bridgehead atoms. The largest absolute Gasteiger partial charge is 0.497 e. The van der Waals surface area contributed by atoms with Gasteiger partial charge in [0.15, 0.2) is 6.04 Å². The van der Waals surface area contributed by atoms with Crippen molar-refractivity contribution in [2.75, 3.05) is 12.4 Å². The first-order valence-corrected chi connectivity index (χ1v) is 8.46. The van der Waals surface area contributed by atoms with Crippen LogP contribution in [-0.2, 0) is 4.79 Å². The maximum atomic E-state index is 12.4. The van der Waals surface area contributed by atoms with Crippen LogP contribution in [0.2, 0.25) is 5.02 Å². The summed E-state index contributed by atoms with van der Waals surface area (Å²) in [6.45, 7) is 4.03. The molecule has 2 aromatic carbocycles. The van der Waals surface area contributed by atoms with E-state index in [0.717, 1.165) is 12.2 Å². The molecule has 0 aliphatic heterocycles. The van der Waals surface area contributed by atoms with Gasteiger partial charge in [-0.15, -0.1) is 0 Å². The van der Waals surface area contributed by atoms with Crippen molar-refractivity contribution in [2.24, 2.45) is 0 Å². The molecule has 0 saturated carbocycles. The Morgan fingerprint density at radius 3 is 2.54 bits per heavy atom. The fourth-order valence-corrected chi connectivity index (χ4v) is 2.78. The van der Waals surface area contributed by atoms with Gasteiger partial charge in [0.05, 0.1) is 7.11 Å². The normalized spacial score (nSPS) is 13.2. The summed E-state index contributed by atoms with van der Waals surface area (Å²) in [7, 11) is 1.65. The third-order valence-corrected chi connectivity index (χ3v) is 4.25. The van der Waals surface area contributed by atoms with Crippen LogP contribution < -0.4 is 15.4 Å². The fourth-order valence-electron chi connectivity index (χ4n) is 2.59. The first-order chi connectivity index (χ1) is 11.5. The highest BCUT2D eigenvalue weighted by Crippen LogP contribution is 2.18. The lowest BCUT2D eigenvalue weighted by Crippen LogP contribution is -2.92. The fraction of sp³-hybridized carbons (Fsp3) is 0.316. The molecule has 24 heavy (non-hydrogen) atoms. The molecule has 2 aromatic rings. The Morgan fingerprint density at radius 1 is 1.25 bits per heavy atom. The van der Waals surface area contributed by atoms with E-state index in [9.17, 15) is 4.79 Å². The summed E-state index contributed by atoms with van der Waals surface area (Å²) >= 11 is 5.95. The van der Waals surface area contributed by atoms with Crippen molar-refractivity contribution in [1.29, 1.82) is 0 Å². The van der Waals surface area contributed by atoms with Crippen LogP contribution in [0.15, 0.2) is 48.5 Å². The van der Waals surface area contributed by atoms with E-state index in [0.29, 0.717) is 10.7 Å².